The second kappa shape index (κ2) is 8.15. The lowest BCUT2D eigenvalue weighted by molar-refractivity contribution is -0.154. The van der Waals surface area contributed by atoms with E-state index < -0.39 is 11.8 Å². The van der Waals surface area contributed by atoms with Crippen molar-refractivity contribution in [3.63, 3.8) is 0 Å². The van der Waals surface area contributed by atoms with Crippen LogP contribution in [0.4, 0.5) is 0 Å². The lowest BCUT2D eigenvalue weighted by Gasteiger charge is -2.35. The van der Waals surface area contributed by atoms with E-state index in [-0.39, 0.29) is 5.91 Å². The molecule has 0 atom stereocenters. The van der Waals surface area contributed by atoms with Crippen molar-refractivity contribution >= 4 is 17.7 Å². The Hall–Kier alpha value is -1.59. The summed E-state index contributed by atoms with van der Waals surface area (Å²) in [6.07, 6.45) is 0. The number of hydrogen-bond donors (Lipinski definition) is 0. The maximum absolute atomic E-state index is 12.5. The molecular weight excluding hydrogens is 282 g/mol. The summed E-state index contributed by atoms with van der Waals surface area (Å²) < 4.78 is 0. The highest BCUT2D eigenvalue weighted by molar-refractivity contribution is 6.34. The van der Waals surface area contributed by atoms with Crippen LogP contribution in [-0.2, 0) is 14.4 Å². The van der Waals surface area contributed by atoms with E-state index in [1.807, 2.05) is 27.7 Å². The molecule has 1 aliphatic rings. The maximum Gasteiger partial charge on any atom is 0.312 e. The summed E-state index contributed by atoms with van der Waals surface area (Å²) in [5.74, 6) is -0.196. The molecule has 0 N–H and O–H groups in total. The van der Waals surface area contributed by atoms with Crippen LogP contribution in [0, 0.1) is 11.8 Å². The van der Waals surface area contributed by atoms with Crippen LogP contribution >= 0.6 is 0 Å². The van der Waals surface area contributed by atoms with Gasteiger partial charge < -0.3 is 14.7 Å². The van der Waals surface area contributed by atoms with Crippen LogP contribution in [0.1, 0.15) is 34.6 Å². The van der Waals surface area contributed by atoms with Gasteiger partial charge in [0.25, 0.3) is 0 Å². The van der Waals surface area contributed by atoms with Gasteiger partial charge in [0.2, 0.25) is 5.91 Å². The van der Waals surface area contributed by atoms with Gasteiger partial charge in [-0.1, -0.05) is 27.7 Å². The predicted molar refractivity (Wildman–Crippen MR) is 85.1 cm³/mol. The van der Waals surface area contributed by atoms with Gasteiger partial charge in [0.1, 0.15) is 0 Å². The fourth-order valence-corrected chi connectivity index (χ4v) is 2.62. The van der Waals surface area contributed by atoms with Gasteiger partial charge in [0, 0.05) is 46.2 Å². The summed E-state index contributed by atoms with van der Waals surface area (Å²) in [5.41, 5.74) is 0. The quantitative estimate of drug-likeness (QED) is 0.722. The zero-order valence-corrected chi connectivity index (χ0v) is 14.5. The molecule has 1 aliphatic heterocycles. The van der Waals surface area contributed by atoms with Gasteiger partial charge >= 0.3 is 11.8 Å². The molecule has 6 heteroatoms. The van der Waals surface area contributed by atoms with Crippen molar-refractivity contribution in [1.82, 2.24) is 14.7 Å². The molecule has 0 bridgehead atoms. The molecule has 0 saturated carbocycles. The molecule has 3 amide bonds. The molecule has 0 aromatic heterocycles. The van der Waals surface area contributed by atoms with Gasteiger partial charge in [-0.15, -0.1) is 0 Å². The molecule has 1 heterocycles. The molecule has 1 rings (SSSR count). The van der Waals surface area contributed by atoms with Crippen LogP contribution in [0.2, 0.25) is 0 Å². The number of hydrogen-bond acceptors (Lipinski definition) is 3. The van der Waals surface area contributed by atoms with Crippen LogP contribution in [-0.4, -0.2) is 71.7 Å². The minimum atomic E-state index is -0.440. The molecular formula is C16H29N3O3. The van der Waals surface area contributed by atoms with E-state index in [0.29, 0.717) is 51.1 Å². The van der Waals surface area contributed by atoms with Gasteiger partial charge in [-0.05, 0) is 11.8 Å². The zero-order valence-electron chi connectivity index (χ0n) is 14.5. The molecule has 0 radical (unpaired) electrons. The largest absolute Gasteiger partial charge is 0.339 e. The maximum atomic E-state index is 12.5. The summed E-state index contributed by atoms with van der Waals surface area (Å²) >= 11 is 0. The zero-order chi connectivity index (χ0) is 16.9. The fourth-order valence-electron chi connectivity index (χ4n) is 2.62. The predicted octanol–water partition coefficient (Wildman–Crippen LogP) is 0.818. The van der Waals surface area contributed by atoms with Crippen molar-refractivity contribution in [3.05, 3.63) is 0 Å². The number of rotatable bonds is 4. The number of carbonyl (C=O) groups is 3. The average molecular weight is 311 g/mol. The molecule has 0 aromatic carbocycles. The van der Waals surface area contributed by atoms with Crippen LogP contribution in [0.15, 0.2) is 0 Å². The number of carbonyl (C=O) groups excluding carboxylic acids is 3. The monoisotopic (exact) mass is 311 g/mol. The third kappa shape index (κ3) is 5.31. The number of nitrogens with zero attached hydrogens (tertiary/aromatic N) is 3. The minimum absolute atomic E-state index is 0.0136. The summed E-state index contributed by atoms with van der Waals surface area (Å²) in [4.78, 5) is 41.1. The van der Waals surface area contributed by atoms with Gasteiger partial charge in [0.15, 0.2) is 0 Å². The van der Waals surface area contributed by atoms with Crippen molar-refractivity contribution in [1.29, 1.82) is 0 Å². The van der Waals surface area contributed by atoms with E-state index in [4.69, 9.17) is 0 Å². The van der Waals surface area contributed by atoms with Crippen LogP contribution in [0.5, 0.6) is 0 Å². The van der Waals surface area contributed by atoms with Crippen LogP contribution < -0.4 is 0 Å². The van der Waals surface area contributed by atoms with E-state index in [0.717, 1.165) is 0 Å². The smallest absolute Gasteiger partial charge is 0.312 e. The molecule has 0 aliphatic carbocycles. The molecule has 0 unspecified atom stereocenters. The normalized spacial score (nSPS) is 15.4. The van der Waals surface area contributed by atoms with E-state index in [9.17, 15) is 14.4 Å². The van der Waals surface area contributed by atoms with Gasteiger partial charge in [-0.25, -0.2) is 0 Å². The SMILES string of the molecule is CC(=O)N1CCN(C(=O)C(=O)N(CC(C)C)CC(C)C)CC1. The van der Waals surface area contributed by atoms with Crippen molar-refractivity contribution in [2.75, 3.05) is 39.3 Å². The molecule has 22 heavy (non-hydrogen) atoms. The standard InChI is InChI=1S/C16H29N3O3/c1-12(2)10-19(11-13(3)4)16(22)15(21)18-8-6-17(7-9-18)14(5)20/h12-13H,6-11H2,1-5H3. The van der Waals surface area contributed by atoms with Crippen molar-refractivity contribution in [3.8, 4) is 0 Å². The highest BCUT2D eigenvalue weighted by atomic mass is 16.2. The molecule has 126 valence electrons. The van der Waals surface area contributed by atoms with E-state index in [1.54, 1.807) is 14.7 Å². The van der Waals surface area contributed by atoms with E-state index >= 15 is 0 Å². The van der Waals surface area contributed by atoms with Crippen LogP contribution in [0.25, 0.3) is 0 Å². The Kier molecular flexibility index (Phi) is 6.84. The number of amides is 3. The van der Waals surface area contributed by atoms with Gasteiger partial charge in [-0.3, -0.25) is 14.4 Å². The molecule has 0 spiro atoms. The Balaban J connectivity index is 2.65. The van der Waals surface area contributed by atoms with Crippen molar-refractivity contribution in [2.24, 2.45) is 11.8 Å². The Bertz CT molecular complexity index is 403. The lowest BCUT2D eigenvalue weighted by atomic mass is 10.1. The second-order valence-electron chi connectivity index (χ2n) is 6.80. The second-order valence-corrected chi connectivity index (χ2v) is 6.80. The van der Waals surface area contributed by atoms with Crippen molar-refractivity contribution in [2.45, 2.75) is 34.6 Å². The first kappa shape index (κ1) is 18.5. The topological polar surface area (TPSA) is 60.9 Å². The van der Waals surface area contributed by atoms with Crippen molar-refractivity contribution < 1.29 is 14.4 Å². The average Bonchev–Trinajstić information content (AvgIpc) is 2.44. The molecule has 0 aromatic rings. The molecule has 1 saturated heterocycles. The Morgan fingerprint density at radius 3 is 1.64 bits per heavy atom. The van der Waals surface area contributed by atoms with Gasteiger partial charge in [0.05, 0.1) is 0 Å². The van der Waals surface area contributed by atoms with Gasteiger partial charge in [-0.2, -0.15) is 0 Å². The minimum Gasteiger partial charge on any atom is -0.339 e. The Morgan fingerprint density at radius 1 is 0.864 bits per heavy atom. The fraction of sp³-hybridized carbons (Fsp3) is 0.812. The first-order valence-corrected chi connectivity index (χ1v) is 8.06. The highest BCUT2D eigenvalue weighted by Crippen LogP contribution is 2.08. The molecule has 1 fully saturated rings. The number of piperazine rings is 1. The van der Waals surface area contributed by atoms with Crippen LogP contribution in [0.3, 0.4) is 0 Å². The third-order valence-electron chi connectivity index (χ3n) is 3.65. The lowest BCUT2D eigenvalue weighted by Crippen LogP contribution is -2.54. The Labute approximate surface area is 133 Å². The third-order valence-corrected chi connectivity index (χ3v) is 3.65. The van der Waals surface area contributed by atoms with E-state index in [2.05, 4.69) is 0 Å². The first-order chi connectivity index (χ1) is 10.2. The summed E-state index contributed by atoms with van der Waals surface area (Å²) in [6.45, 7) is 12.7. The summed E-state index contributed by atoms with van der Waals surface area (Å²) in [5, 5.41) is 0. The summed E-state index contributed by atoms with van der Waals surface area (Å²) in [7, 11) is 0. The highest BCUT2D eigenvalue weighted by Gasteiger charge is 2.30. The Morgan fingerprint density at radius 2 is 1.27 bits per heavy atom. The first-order valence-electron chi connectivity index (χ1n) is 8.06. The summed E-state index contributed by atoms with van der Waals surface area (Å²) in [6, 6.07) is 0. The molecule has 6 nitrogen and oxygen atoms in total. The van der Waals surface area contributed by atoms with E-state index in [1.165, 1.54) is 6.92 Å².